The summed E-state index contributed by atoms with van der Waals surface area (Å²) in [6, 6.07) is -3.17. The molecule has 1 aromatic carbocycles. The number of phenols is 1. The van der Waals surface area contributed by atoms with Gasteiger partial charge >= 0.3 is 12.0 Å². The highest BCUT2D eigenvalue weighted by molar-refractivity contribution is 7.80. The largest absolute Gasteiger partial charge is 0.508 e. The highest BCUT2D eigenvalue weighted by Crippen LogP contribution is 2.12. The summed E-state index contributed by atoms with van der Waals surface area (Å²) in [7, 11) is 0. The molecule has 20 nitrogen and oxygen atoms in total. The Hall–Kier alpha value is -4.70. The van der Waals surface area contributed by atoms with Gasteiger partial charge < -0.3 is 70.2 Å². The average molecular weight is 771 g/mol. The summed E-state index contributed by atoms with van der Waals surface area (Å²) in [6.07, 6.45) is -0.460. The zero-order valence-corrected chi connectivity index (χ0v) is 30.5. The van der Waals surface area contributed by atoms with Crippen LogP contribution in [0.4, 0.5) is 4.79 Å². The molecule has 0 aliphatic rings. The SMILES string of the molecule is C[C@@H](O)[C@H](NC(=O)[C@H](CCCCN)NC(=O)[C@@H](N)CCN)C(=O)N[C@@H](CCCNC(N)=O)C(=O)N[C@@H](CS)C(=O)N[C@@H](Cc1ccc(O)cc1)C(=O)O. The molecule has 0 aliphatic heterocycles. The molecular formula is C32H54N10O10S. The third-order valence-corrected chi connectivity index (χ3v) is 8.23. The van der Waals surface area contributed by atoms with E-state index in [1.54, 1.807) is 0 Å². The van der Waals surface area contributed by atoms with Gasteiger partial charge in [-0.15, -0.1) is 0 Å². The minimum atomic E-state index is -1.63. The number of urea groups is 1. The smallest absolute Gasteiger partial charge is 0.326 e. The number of phenolic OH excluding ortho intramolecular Hbond substituents is 1. The van der Waals surface area contributed by atoms with Crippen LogP contribution in [0.5, 0.6) is 5.75 Å². The molecule has 7 amide bonds. The number of nitrogens with two attached hydrogens (primary N) is 4. The number of hydrogen-bond donors (Lipinski definition) is 14. The maximum atomic E-state index is 13.5. The van der Waals surface area contributed by atoms with Crippen LogP contribution in [-0.2, 0) is 35.2 Å². The van der Waals surface area contributed by atoms with Crippen molar-refractivity contribution in [1.82, 2.24) is 31.9 Å². The van der Waals surface area contributed by atoms with E-state index < -0.39 is 83.9 Å². The lowest BCUT2D eigenvalue weighted by Crippen LogP contribution is -2.61. The number of primary amides is 1. The van der Waals surface area contributed by atoms with Gasteiger partial charge in [-0.3, -0.25) is 24.0 Å². The first-order valence-electron chi connectivity index (χ1n) is 17.0. The number of aliphatic hydroxyl groups excluding tert-OH is 1. The van der Waals surface area contributed by atoms with E-state index in [-0.39, 0.29) is 56.7 Å². The predicted octanol–water partition coefficient (Wildman–Crippen LogP) is -3.99. The van der Waals surface area contributed by atoms with Crippen LogP contribution in [0.15, 0.2) is 24.3 Å². The van der Waals surface area contributed by atoms with Gasteiger partial charge in [0.2, 0.25) is 29.5 Å². The zero-order chi connectivity index (χ0) is 40.1. The molecule has 21 heteroatoms. The molecule has 0 fully saturated rings. The van der Waals surface area contributed by atoms with Crippen LogP contribution in [0.25, 0.3) is 0 Å². The van der Waals surface area contributed by atoms with Crippen LogP contribution in [0.2, 0.25) is 0 Å². The molecule has 0 radical (unpaired) electrons. The number of hydrogen-bond acceptors (Lipinski definition) is 13. The standard InChI is InChI=1S/C32H54N10O10S/c1-17(43)25(42-28(47)21(5-2-3-12-33)38-26(45)20(35)11-13-34)30(49)39-22(6-4-14-37-32(36)52)27(46)41-24(16-53)29(48)40-23(31(50)51)15-18-7-9-19(44)10-8-18/h7-10,17,20-25,43-44,53H,2-6,11-16,33-35H2,1H3,(H,38,45)(H,39,49)(H,40,48)(H,41,46)(H,42,47)(H,50,51)(H3,36,37,52)/t17-,20+,21+,22+,23+,24+,25+/m1/s1. The number of benzene rings is 1. The third-order valence-electron chi connectivity index (χ3n) is 7.87. The van der Waals surface area contributed by atoms with Crippen LogP contribution in [-0.4, -0.2) is 125 Å². The van der Waals surface area contributed by atoms with Gasteiger partial charge in [-0.2, -0.15) is 12.6 Å². The molecule has 0 heterocycles. The summed E-state index contributed by atoms with van der Waals surface area (Å²) in [5.74, 6) is -5.98. The van der Waals surface area contributed by atoms with Gasteiger partial charge in [-0.25, -0.2) is 9.59 Å². The van der Waals surface area contributed by atoms with Gasteiger partial charge in [0.1, 0.15) is 36.0 Å². The first-order valence-corrected chi connectivity index (χ1v) is 17.7. The van der Waals surface area contributed by atoms with Crippen molar-refractivity contribution < 1.29 is 48.9 Å². The molecule has 298 valence electrons. The Labute approximate surface area is 312 Å². The first kappa shape index (κ1) is 46.3. The number of aliphatic carboxylic acids is 1. The number of rotatable bonds is 25. The maximum Gasteiger partial charge on any atom is 0.326 e. The molecule has 0 saturated carbocycles. The fourth-order valence-electron chi connectivity index (χ4n) is 4.86. The van der Waals surface area contributed by atoms with E-state index in [1.807, 2.05) is 0 Å². The van der Waals surface area contributed by atoms with Crippen LogP contribution in [0.3, 0.4) is 0 Å². The molecule has 1 rings (SSSR count). The van der Waals surface area contributed by atoms with Crippen molar-refractivity contribution in [3.05, 3.63) is 29.8 Å². The summed E-state index contributed by atoms with van der Waals surface area (Å²) >= 11 is 4.12. The Balaban J connectivity index is 3.18. The minimum Gasteiger partial charge on any atom is -0.508 e. The molecule has 0 unspecified atom stereocenters. The van der Waals surface area contributed by atoms with Crippen LogP contribution in [0.1, 0.15) is 51.0 Å². The summed E-state index contributed by atoms with van der Waals surface area (Å²) in [6.45, 7) is 1.66. The molecule has 7 atom stereocenters. The topological polar surface area (TPSA) is 356 Å². The number of aromatic hydroxyl groups is 1. The van der Waals surface area contributed by atoms with Crippen LogP contribution >= 0.6 is 12.6 Å². The number of nitrogens with one attached hydrogen (secondary N) is 6. The zero-order valence-electron chi connectivity index (χ0n) is 29.6. The molecule has 0 aromatic heterocycles. The number of unbranched alkanes of at least 4 members (excludes halogenated alkanes) is 1. The summed E-state index contributed by atoms with van der Waals surface area (Å²) < 4.78 is 0. The summed E-state index contributed by atoms with van der Waals surface area (Å²) in [5, 5.41) is 44.2. The van der Waals surface area contributed by atoms with Crippen molar-refractivity contribution in [2.75, 3.05) is 25.4 Å². The second-order valence-corrected chi connectivity index (χ2v) is 12.6. The predicted molar refractivity (Wildman–Crippen MR) is 196 cm³/mol. The van der Waals surface area contributed by atoms with Crippen LogP contribution in [0, 0.1) is 0 Å². The van der Waals surface area contributed by atoms with E-state index in [0.717, 1.165) is 0 Å². The number of aliphatic hydroxyl groups is 1. The second kappa shape index (κ2) is 24.5. The molecule has 17 N–H and O–H groups in total. The van der Waals surface area contributed by atoms with Crippen molar-refractivity contribution in [1.29, 1.82) is 0 Å². The van der Waals surface area contributed by atoms with Gasteiger partial charge in [0.15, 0.2) is 0 Å². The molecule has 0 bridgehead atoms. The Kier molecular flexibility index (Phi) is 21.4. The molecular weight excluding hydrogens is 716 g/mol. The fourth-order valence-corrected chi connectivity index (χ4v) is 5.12. The molecule has 0 saturated heterocycles. The minimum absolute atomic E-state index is 0.00391. The molecule has 1 aromatic rings. The van der Waals surface area contributed by atoms with Crippen LogP contribution < -0.4 is 54.8 Å². The van der Waals surface area contributed by atoms with E-state index in [1.165, 1.54) is 31.2 Å². The molecule has 53 heavy (non-hydrogen) atoms. The lowest BCUT2D eigenvalue weighted by atomic mass is 10.0. The molecule has 0 spiro atoms. The molecule has 0 aliphatic carbocycles. The number of thiol groups is 1. The van der Waals surface area contributed by atoms with Gasteiger partial charge in [0.05, 0.1) is 12.1 Å². The lowest BCUT2D eigenvalue weighted by Gasteiger charge is -2.28. The van der Waals surface area contributed by atoms with Crippen molar-refractivity contribution in [3.8, 4) is 5.75 Å². The first-order chi connectivity index (χ1) is 25.0. The summed E-state index contributed by atoms with van der Waals surface area (Å²) in [4.78, 5) is 89.2. The normalized spacial score (nSPS) is 14.9. The number of carboxylic acid groups (broad SMARTS) is 1. The van der Waals surface area contributed by atoms with E-state index >= 15 is 0 Å². The summed E-state index contributed by atoms with van der Waals surface area (Å²) in [5.41, 5.74) is 22.5. The fraction of sp³-hybridized carbons (Fsp3) is 0.594. The highest BCUT2D eigenvalue weighted by Gasteiger charge is 2.34. The number of carboxylic acids is 1. The van der Waals surface area contributed by atoms with Gasteiger partial charge in [0.25, 0.3) is 0 Å². The van der Waals surface area contributed by atoms with E-state index in [4.69, 9.17) is 22.9 Å². The van der Waals surface area contributed by atoms with Gasteiger partial charge in [-0.05, 0) is 76.2 Å². The maximum absolute atomic E-state index is 13.5. The van der Waals surface area contributed by atoms with E-state index in [2.05, 4.69) is 44.5 Å². The quantitative estimate of drug-likeness (QED) is 0.0334. The van der Waals surface area contributed by atoms with Crippen molar-refractivity contribution in [2.45, 2.75) is 94.2 Å². The van der Waals surface area contributed by atoms with Crippen molar-refractivity contribution in [2.24, 2.45) is 22.9 Å². The second-order valence-electron chi connectivity index (χ2n) is 12.3. The average Bonchev–Trinajstić information content (AvgIpc) is 3.10. The van der Waals surface area contributed by atoms with Gasteiger partial charge in [-0.1, -0.05) is 12.1 Å². The van der Waals surface area contributed by atoms with E-state index in [0.29, 0.717) is 24.9 Å². The monoisotopic (exact) mass is 770 g/mol. The Morgan fingerprint density at radius 2 is 1.25 bits per heavy atom. The third kappa shape index (κ3) is 17.6. The van der Waals surface area contributed by atoms with E-state index in [9.17, 15) is 48.9 Å². The van der Waals surface area contributed by atoms with Crippen molar-refractivity contribution >= 4 is 54.2 Å². The Morgan fingerprint density at radius 3 is 1.77 bits per heavy atom. The Morgan fingerprint density at radius 1 is 0.717 bits per heavy atom. The number of amides is 7. The number of carbonyl (C=O) groups excluding carboxylic acids is 6. The van der Waals surface area contributed by atoms with Crippen molar-refractivity contribution in [3.63, 3.8) is 0 Å². The highest BCUT2D eigenvalue weighted by atomic mass is 32.1. The van der Waals surface area contributed by atoms with Gasteiger partial charge in [0, 0.05) is 18.7 Å². The number of carbonyl (C=O) groups is 7. The Bertz CT molecular complexity index is 1370. The lowest BCUT2D eigenvalue weighted by molar-refractivity contribution is -0.142.